The molecule has 2 N–H and O–H groups in total. The lowest BCUT2D eigenvalue weighted by molar-refractivity contribution is -0.119. The smallest absolute Gasteiger partial charge is 0.380 e. The third kappa shape index (κ3) is 9.37. The molecule has 0 bridgehead atoms. The molecule has 1 aromatic heterocycles. The van der Waals surface area contributed by atoms with Crippen LogP contribution in [0.15, 0.2) is 71.3 Å². The highest BCUT2D eigenvalue weighted by molar-refractivity contribution is 7.85. The van der Waals surface area contributed by atoms with Crippen molar-refractivity contribution in [3.05, 3.63) is 88.8 Å². The number of nitrogens with one attached hydrogen (secondary N) is 2. The summed E-state index contributed by atoms with van der Waals surface area (Å²) in [7, 11) is -2.88. The number of rotatable bonds is 11. The Kier molecular flexibility index (Phi) is 10.8. The van der Waals surface area contributed by atoms with Crippen molar-refractivity contribution in [1.82, 2.24) is 9.88 Å². The summed E-state index contributed by atoms with van der Waals surface area (Å²) in [6.07, 6.45) is 3.65. The molecule has 48 heavy (non-hydrogen) atoms. The predicted octanol–water partition coefficient (Wildman–Crippen LogP) is 6.57. The number of aromatic nitrogens is 1. The van der Waals surface area contributed by atoms with Gasteiger partial charge in [-0.2, -0.15) is 8.42 Å². The Morgan fingerprint density at radius 1 is 1.10 bits per heavy atom. The molecule has 1 aliphatic heterocycles. The highest BCUT2D eigenvalue weighted by Crippen LogP contribution is 2.41. The Balaban J connectivity index is 1.45. The predicted molar refractivity (Wildman–Crippen MR) is 182 cm³/mol. The van der Waals surface area contributed by atoms with Crippen LogP contribution >= 0.6 is 11.6 Å². The average molecular weight is 700 g/mol. The number of methoxy groups -OCH3 is 1. The first-order valence-corrected chi connectivity index (χ1v) is 17.4. The van der Waals surface area contributed by atoms with Crippen molar-refractivity contribution in [2.24, 2.45) is 10.3 Å². The molecule has 2 aromatic carbocycles. The fourth-order valence-corrected chi connectivity index (χ4v) is 6.87. The van der Waals surface area contributed by atoms with Gasteiger partial charge in [0.05, 0.1) is 28.1 Å². The molecule has 1 aliphatic carbocycles. The minimum absolute atomic E-state index is 0.111. The van der Waals surface area contributed by atoms with Crippen molar-refractivity contribution in [3.63, 3.8) is 0 Å². The standard InChI is InChI=1S/C34H39ClFN5O6S/c1-34(2,3)47-48(44,45)40-31(22-8-6-5-7-9-22)26(16-21-10-11-21)23-12-14-27(36)28(17-23)38-32(42)29-18-25(46-4)20-41(29)33(43)39-30-15-13-24(35)19-37-30/h5-9,12-15,17,19,21,25-26,29H,10-11,16,18,20H2,1-4H3,(H,38,42)(H,37,39,43)/t25-,26?,29-/m1/s1. The van der Waals surface area contributed by atoms with E-state index in [2.05, 4.69) is 20.0 Å². The first-order chi connectivity index (χ1) is 22.7. The van der Waals surface area contributed by atoms with Crippen LogP contribution in [0.25, 0.3) is 0 Å². The summed E-state index contributed by atoms with van der Waals surface area (Å²) in [5.41, 5.74) is 0.277. The molecule has 3 amide bonds. The van der Waals surface area contributed by atoms with Crippen molar-refractivity contribution >= 4 is 51.1 Å². The molecule has 14 heteroatoms. The molecule has 3 atom stereocenters. The number of carbonyl (C=O) groups is 2. The van der Waals surface area contributed by atoms with Crippen molar-refractivity contribution in [2.75, 3.05) is 24.3 Å². The van der Waals surface area contributed by atoms with Crippen molar-refractivity contribution in [3.8, 4) is 0 Å². The van der Waals surface area contributed by atoms with Crippen LogP contribution < -0.4 is 10.6 Å². The van der Waals surface area contributed by atoms with Crippen LogP contribution in [0.5, 0.6) is 0 Å². The van der Waals surface area contributed by atoms with E-state index in [0.717, 1.165) is 12.8 Å². The molecule has 1 saturated carbocycles. The molecule has 2 fully saturated rings. The van der Waals surface area contributed by atoms with E-state index in [1.165, 1.54) is 36.4 Å². The molecule has 11 nitrogen and oxygen atoms in total. The van der Waals surface area contributed by atoms with E-state index >= 15 is 4.39 Å². The quantitative estimate of drug-likeness (QED) is 0.216. The number of hydrogen-bond donors (Lipinski definition) is 2. The molecule has 2 aliphatic rings. The topological polar surface area (TPSA) is 139 Å². The number of urea groups is 1. The Hall–Kier alpha value is -3.91. The lowest BCUT2D eigenvalue weighted by Gasteiger charge is -2.25. The number of pyridine rings is 1. The lowest BCUT2D eigenvalue weighted by atomic mass is 9.85. The summed E-state index contributed by atoms with van der Waals surface area (Å²) in [4.78, 5) is 32.3. The third-order valence-corrected chi connectivity index (χ3v) is 9.36. The van der Waals surface area contributed by atoms with Gasteiger partial charge in [-0.1, -0.05) is 60.8 Å². The molecule has 0 spiro atoms. The van der Waals surface area contributed by atoms with E-state index in [-0.39, 0.29) is 30.2 Å². The minimum atomic E-state index is -4.37. The first-order valence-electron chi connectivity index (χ1n) is 15.6. The molecule has 5 rings (SSSR count). The Bertz CT molecular complexity index is 1760. The second-order valence-electron chi connectivity index (χ2n) is 13.0. The molecule has 0 radical (unpaired) electrons. The fourth-order valence-electron chi connectivity index (χ4n) is 5.62. The van der Waals surface area contributed by atoms with E-state index in [1.807, 2.05) is 6.07 Å². The zero-order valence-electron chi connectivity index (χ0n) is 27.2. The summed E-state index contributed by atoms with van der Waals surface area (Å²) in [6.45, 7) is 4.99. The largest absolute Gasteiger partial charge is 0.381 e. The summed E-state index contributed by atoms with van der Waals surface area (Å²) < 4.78 is 56.7. The van der Waals surface area contributed by atoms with Crippen LogP contribution in [-0.2, 0) is 24.0 Å². The number of amides is 3. The van der Waals surface area contributed by atoms with Gasteiger partial charge < -0.3 is 15.0 Å². The number of ether oxygens (including phenoxy) is 1. The van der Waals surface area contributed by atoms with Crippen LogP contribution in [0, 0.1) is 11.7 Å². The van der Waals surface area contributed by atoms with Crippen LogP contribution in [-0.4, -0.2) is 67.4 Å². The highest BCUT2D eigenvalue weighted by Gasteiger charge is 2.40. The van der Waals surface area contributed by atoms with Gasteiger partial charge in [0.15, 0.2) is 0 Å². The van der Waals surface area contributed by atoms with Gasteiger partial charge in [-0.05, 0) is 68.5 Å². The molecule has 1 unspecified atom stereocenters. The van der Waals surface area contributed by atoms with Crippen LogP contribution in [0.2, 0.25) is 5.02 Å². The number of benzene rings is 2. The SMILES string of the molecule is CO[C@@H]1C[C@H](C(=O)Nc2cc(C(CC3CC3)C(=NS(=O)(=O)OC(C)(C)C)c3ccccc3)ccc2F)N(C(=O)Nc2ccc(Cl)cn2)C1. The summed E-state index contributed by atoms with van der Waals surface area (Å²) >= 11 is 5.90. The minimum Gasteiger partial charge on any atom is -0.380 e. The first kappa shape index (κ1) is 35.4. The summed E-state index contributed by atoms with van der Waals surface area (Å²) in [5, 5.41) is 5.73. The Morgan fingerprint density at radius 2 is 1.83 bits per heavy atom. The second kappa shape index (κ2) is 14.7. The van der Waals surface area contributed by atoms with Crippen molar-refractivity contribution in [1.29, 1.82) is 0 Å². The van der Waals surface area contributed by atoms with Crippen molar-refractivity contribution in [2.45, 2.75) is 70.1 Å². The van der Waals surface area contributed by atoms with Gasteiger partial charge >= 0.3 is 16.3 Å². The van der Waals surface area contributed by atoms with Crippen molar-refractivity contribution < 1.29 is 31.3 Å². The number of likely N-dealkylation sites (tertiary alicyclic amines) is 1. The number of carbonyl (C=O) groups excluding carboxylic acids is 2. The van der Waals surface area contributed by atoms with Gasteiger partial charge in [0.2, 0.25) is 5.91 Å². The number of nitrogens with zero attached hydrogens (tertiary/aromatic N) is 3. The maximum Gasteiger partial charge on any atom is 0.381 e. The number of hydrogen-bond acceptors (Lipinski definition) is 7. The molecule has 256 valence electrons. The molecular weight excluding hydrogens is 661 g/mol. The zero-order chi connectivity index (χ0) is 34.6. The Morgan fingerprint density at radius 3 is 2.46 bits per heavy atom. The number of anilines is 2. The molecule has 2 heterocycles. The van der Waals surface area contributed by atoms with Gasteiger partial charge in [0.1, 0.15) is 17.7 Å². The van der Waals surface area contributed by atoms with Crippen LogP contribution in [0.3, 0.4) is 0 Å². The van der Waals surface area contributed by atoms with Crippen LogP contribution in [0.1, 0.15) is 63.5 Å². The van der Waals surface area contributed by atoms with Gasteiger partial charge in [-0.15, -0.1) is 4.40 Å². The van der Waals surface area contributed by atoms with E-state index < -0.39 is 51.7 Å². The summed E-state index contributed by atoms with van der Waals surface area (Å²) in [6, 6.07) is 14.8. The maximum atomic E-state index is 15.4. The van der Waals surface area contributed by atoms with E-state index in [0.29, 0.717) is 28.5 Å². The van der Waals surface area contributed by atoms with Gasteiger partial charge in [-0.25, -0.2) is 18.4 Å². The third-order valence-electron chi connectivity index (χ3n) is 8.00. The molecule has 1 saturated heterocycles. The highest BCUT2D eigenvalue weighted by atomic mass is 35.5. The molecule has 3 aromatic rings. The number of halogens is 2. The van der Waals surface area contributed by atoms with E-state index in [1.54, 1.807) is 57.2 Å². The van der Waals surface area contributed by atoms with Crippen LogP contribution in [0.4, 0.5) is 20.7 Å². The van der Waals surface area contributed by atoms with Gasteiger partial charge in [0, 0.05) is 32.2 Å². The van der Waals surface area contributed by atoms with E-state index in [4.69, 9.17) is 20.5 Å². The van der Waals surface area contributed by atoms with Gasteiger partial charge in [-0.3, -0.25) is 10.1 Å². The average Bonchev–Trinajstić information content (AvgIpc) is 3.74. The fraction of sp³-hybridized carbons (Fsp3) is 0.412. The molecular formula is C34H39ClFN5O6S. The summed E-state index contributed by atoms with van der Waals surface area (Å²) in [5.74, 6) is -1.29. The Labute approximate surface area is 285 Å². The normalized spacial score (nSPS) is 19.2. The monoisotopic (exact) mass is 699 g/mol. The zero-order valence-corrected chi connectivity index (χ0v) is 28.7. The maximum absolute atomic E-state index is 15.4. The second-order valence-corrected chi connectivity index (χ2v) is 14.6. The van der Waals surface area contributed by atoms with E-state index in [9.17, 15) is 18.0 Å². The lowest BCUT2D eigenvalue weighted by Crippen LogP contribution is -2.45. The van der Waals surface area contributed by atoms with Gasteiger partial charge in [0.25, 0.3) is 0 Å².